The summed E-state index contributed by atoms with van der Waals surface area (Å²) < 4.78 is 0. The summed E-state index contributed by atoms with van der Waals surface area (Å²) in [6.07, 6.45) is 0. The third-order valence-corrected chi connectivity index (χ3v) is 7.08. The van der Waals surface area contributed by atoms with Crippen molar-refractivity contribution in [1.82, 2.24) is 9.97 Å². The van der Waals surface area contributed by atoms with Gasteiger partial charge in [0.05, 0.1) is 22.2 Å². The van der Waals surface area contributed by atoms with Crippen LogP contribution in [0, 0.1) is 22.7 Å². The minimum absolute atomic E-state index is 0.369. The van der Waals surface area contributed by atoms with E-state index in [0.717, 1.165) is 65.9 Å². The molecule has 7 aromatic rings. The van der Waals surface area contributed by atoms with Crippen molar-refractivity contribution in [3.8, 4) is 34.4 Å². The fraction of sp³-hybridized carbons (Fsp3) is 0. The van der Waals surface area contributed by atoms with Gasteiger partial charge in [-0.3, -0.25) is 0 Å². The quantitative estimate of drug-likeness (QED) is 0.275. The van der Waals surface area contributed by atoms with Crippen LogP contribution in [0.2, 0.25) is 0 Å². The van der Waals surface area contributed by atoms with Gasteiger partial charge in [0.1, 0.15) is 12.1 Å². The Morgan fingerprint density at radius 2 is 1.03 bits per heavy atom. The lowest BCUT2D eigenvalue weighted by Crippen LogP contribution is -1.95. The summed E-state index contributed by atoms with van der Waals surface area (Å²) in [6, 6.07) is 37.1. The van der Waals surface area contributed by atoms with Gasteiger partial charge in [-0.05, 0) is 23.8 Å². The lowest BCUT2D eigenvalue weighted by Gasteiger charge is -2.15. The van der Waals surface area contributed by atoms with E-state index in [4.69, 9.17) is 0 Å². The minimum Gasteiger partial charge on any atom is -0.354 e. The molecule has 2 aromatic heterocycles. The zero-order valence-electron chi connectivity index (χ0n) is 19.1. The first-order chi connectivity index (χ1) is 17.8. The first-order valence-electron chi connectivity index (χ1n) is 11.8. The summed E-state index contributed by atoms with van der Waals surface area (Å²) in [4.78, 5) is 7.16. The first kappa shape index (κ1) is 20.1. The van der Waals surface area contributed by atoms with Crippen LogP contribution in [0.5, 0.6) is 0 Å². The molecule has 0 aliphatic heterocycles. The Hall–Kier alpha value is -5.32. The lowest BCUT2D eigenvalue weighted by molar-refractivity contribution is 1.42. The van der Waals surface area contributed by atoms with Crippen molar-refractivity contribution < 1.29 is 0 Å². The van der Waals surface area contributed by atoms with E-state index >= 15 is 0 Å². The highest BCUT2D eigenvalue weighted by molar-refractivity contribution is 6.16. The Labute approximate surface area is 206 Å². The van der Waals surface area contributed by atoms with Gasteiger partial charge < -0.3 is 9.97 Å². The molecule has 2 N–H and O–H groups in total. The van der Waals surface area contributed by atoms with Crippen LogP contribution in [-0.4, -0.2) is 9.97 Å². The number of nitrogens with zero attached hydrogens (tertiary/aromatic N) is 2. The molecule has 4 heteroatoms. The third-order valence-electron chi connectivity index (χ3n) is 7.08. The molecule has 0 spiro atoms. The average molecular weight is 459 g/mol. The normalized spacial score (nSPS) is 11.3. The molecule has 0 atom stereocenters. The Kier molecular flexibility index (Phi) is 4.24. The van der Waals surface area contributed by atoms with Crippen molar-refractivity contribution in [1.29, 1.82) is 10.5 Å². The van der Waals surface area contributed by atoms with Gasteiger partial charge in [0, 0.05) is 49.3 Å². The van der Waals surface area contributed by atoms with Crippen LogP contribution in [-0.2, 0) is 0 Å². The van der Waals surface area contributed by atoms with Crippen LogP contribution < -0.4 is 0 Å². The van der Waals surface area contributed by atoms with Crippen LogP contribution in [0.1, 0.15) is 11.1 Å². The van der Waals surface area contributed by atoms with E-state index in [-0.39, 0.29) is 0 Å². The highest BCUT2D eigenvalue weighted by atomic mass is 14.7. The second-order valence-corrected chi connectivity index (χ2v) is 8.93. The number of H-pyrrole nitrogens is 2. The van der Waals surface area contributed by atoms with Crippen LogP contribution in [0.25, 0.3) is 65.9 Å². The van der Waals surface area contributed by atoms with Gasteiger partial charge in [0.2, 0.25) is 0 Å². The van der Waals surface area contributed by atoms with E-state index in [9.17, 15) is 10.5 Å². The second-order valence-electron chi connectivity index (χ2n) is 8.93. The maximum atomic E-state index is 10.3. The number of hydrogen-bond donors (Lipinski definition) is 2. The summed E-state index contributed by atoms with van der Waals surface area (Å²) in [7, 11) is 0. The molecule has 2 heterocycles. The van der Waals surface area contributed by atoms with Crippen LogP contribution in [0.15, 0.2) is 97.1 Å². The van der Waals surface area contributed by atoms with Gasteiger partial charge >= 0.3 is 0 Å². The van der Waals surface area contributed by atoms with Crippen LogP contribution >= 0.6 is 0 Å². The molecule has 7 rings (SSSR count). The highest BCUT2D eigenvalue weighted by Gasteiger charge is 2.21. The number of nitrogens with one attached hydrogen (secondary N) is 2. The molecule has 0 aliphatic carbocycles. The Bertz CT molecular complexity index is 2080. The summed E-state index contributed by atoms with van der Waals surface area (Å²) in [6.45, 7) is 0. The average Bonchev–Trinajstić information content (AvgIpc) is 3.51. The maximum Gasteiger partial charge on any atom is 0.101 e. The summed E-state index contributed by atoms with van der Waals surface area (Å²) >= 11 is 0. The van der Waals surface area contributed by atoms with E-state index in [1.54, 1.807) is 6.07 Å². The van der Waals surface area contributed by atoms with Crippen molar-refractivity contribution in [3.63, 3.8) is 0 Å². The molecule has 0 saturated heterocycles. The molecule has 0 fully saturated rings. The fourth-order valence-corrected chi connectivity index (χ4v) is 5.50. The summed E-state index contributed by atoms with van der Waals surface area (Å²) in [5.41, 5.74) is 8.39. The Balaban J connectivity index is 1.63. The van der Waals surface area contributed by atoms with E-state index < -0.39 is 0 Å². The fourth-order valence-electron chi connectivity index (χ4n) is 5.50. The summed E-state index contributed by atoms with van der Waals surface area (Å²) in [5.74, 6) is 0. The number of fused-ring (bicyclic) bond motifs is 6. The summed E-state index contributed by atoms with van der Waals surface area (Å²) in [5, 5.41) is 24.6. The highest BCUT2D eigenvalue weighted by Crippen LogP contribution is 2.43. The van der Waals surface area contributed by atoms with Crippen molar-refractivity contribution in [2.75, 3.05) is 0 Å². The molecular formula is C32H18N4. The number of rotatable bonds is 2. The third kappa shape index (κ3) is 2.73. The number of nitriles is 2. The van der Waals surface area contributed by atoms with Crippen molar-refractivity contribution >= 4 is 43.6 Å². The molecular weight excluding hydrogens is 440 g/mol. The van der Waals surface area contributed by atoms with Gasteiger partial charge in [-0.15, -0.1) is 0 Å². The van der Waals surface area contributed by atoms with Gasteiger partial charge in [0.25, 0.3) is 0 Å². The van der Waals surface area contributed by atoms with Gasteiger partial charge in [-0.2, -0.15) is 10.5 Å². The van der Waals surface area contributed by atoms with E-state index in [1.807, 2.05) is 42.5 Å². The largest absolute Gasteiger partial charge is 0.354 e. The zero-order chi connectivity index (χ0) is 24.2. The standard InChI is InChI=1S/C32H18N4/c33-17-19-15-16-22(25-11-5-9-23-20-7-1-3-13-28(20)35-31(23)25)30(27(19)18-34)26-12-6-10-24-21-8-2-4-14-29(21)36-32(24)26/h1-16,35-36H. The SMILES string of the molecule is N#Cc1ccc(-c2cccc3c2[nH]c2ccccc23)c(-c2cccc3c2[nH]c2ccccc23)c1C#N. The number of hydrogen-bond acceptors (Lipinski definition) is 2. The number of benzene rings is 5. The molecule has 0 radical (unpaired) electrons. The number of aromatic nitrogens is 2. The van der Waals surface area contributed by atoms with Gasteiger partial charge in [0.15, 0.2) is 0 Å². The molecule has 166 valence electrons. The van der Waals surface area contributed by atoms with Crippen molar-refractivity contribution in [3.05, 3.63) is 108 Å². The second kappa shape index (κ2) is 7.60. The predicted octanol–water partition coefficient (Wildman–Crippen LogP) is 8.03. The molecule has 0 bridgehead atoms. The lowest BCUT2D eigenvalue weighted by atomic mass is 9.87. The molecule has 5 aromatic carbocycles. The number of para-hydroxylation sites is 4. The van der Waals surface area contributed by atoms with Crippen molar-refractivity contribution in [2.24, 2.45) is 0 Å². The topological polar surface area (TPSA) is 79.2 Å². The van der Waals surface area contributed by atoms with Gasteiger partial charge in [-0.1, -0.05) is 78.9 Å². The monoisotopic (exact) mass is 458 g/mol. The molecule has 0 amide bonds. The first-order valence-corrected chi connectivity index (χ1v) is 11.8. The molecule has 0 unspecified atom stereocenters. The smallest absolute Gasteiger partial charge is 0.101 e. The predicted molar refractivity (Wildman–Crippen MR) is 145 cm³/mol. The van der Waals surface area contributed by atoms with E-state index in [0.29, 0.717) is 11.1 Å². The van der Waals surface area contributed by atoms with E-state index in [2.05, 4.69) is 70.6 Å². The van der Waals surface area contributed by atoms with E-state index in [1.165, 1.54) is 0 Å². The van der Waals surface area contributed by atoms with Crippen LogP contribution in [0.3, 0.4) is 0 Å². The Morgan fingerprint density at radius 3 is 1.64 bits per heavy atom. The maximum absolute atomic E-state index is 10.3. The Morgan fingerprint density at radius 1 is 0.472 bits per heavy atom. The molecule has 4 nitrogen and oxygen atoms in total. The molecule has 0 aliphatic rings. The molecule has 0 saturated carbocycles. The minimum atomic E-state index is 0.369. The molecule has 36 heavy (non-hydrogen) atoms. The van der Waals surface area contributed by atoms with Crippen molar-refractivity contribution in [2.45, 2.75) is 0 Å². The zero-order valence-corrected chi connectivity index (χ0v) is 19.1. The van der Waals surface area contributed by atoms with Gasteiger partial charge in [-0.25, -0.2) is 0 Å². The number of aromatic amines is 2. The van der Waals surface area contributed by atoms with Crippen LogP contribution in [0.4, 0.5) is 0 Å².